The number of unbranched alkanes of at least 4 members (excludes halogenated alkanes) is 12. The molecule has 0 bridgehead atoms. The van der Waals surface area contributed by atoms with E-state index in [9.17, 15) is 9.59 Å². The first-order valence-corrected chi connectivity index (χ1v) is 21.7. The van der Waals surface area contributed by atoms with E-state index in [4.69, 9.17) is 0 Å². The van der Waals surface area contributed by atoms with Crippen molar-refractivity contribution in [3.05, 3.63) is 59.7 Å². The summed E-state index contributed by atoms with van der Waals surface area (Å²) in [6, 6.07) is 15.8. The summed E-state index contributed by atoms with van der Waals surface area (Å²) in [5.74, 6) is 0. The van der Waals surface area contributed by atoms with E-state index in [-0.39, 0.29) is 12.1 Å². The standard InChI is InChI=1S/C45H78N6O2/c1-5-9-13-15-19-35-50(33-17-11-7-3)37-21-31-46-44(52)48-42-27-23-40(24-28-42)39-41-25-29-43(30-26-41)49-45(53)47-32-22-38-51(34-18-12-8-4)36-20-16-14-10-6-2/h23-30H,5-22,31-39H2,1-4H3,(H2,46,48,52)(H2,47,49,53). The summed E-state index contributed by atoms with van der Waals surface area (Å²) in [4.78, 5) is 30.3. The Kier molecular flexibility index (Phi) is 27.2. The maximum atomic E-state index is 12.6. The number of hydrogen-bond acceptors (Lipinski definition) is 4. The molecule has 0 aliphatic heterocycles. The molecule has 0 saturated carbocycles. The number of carbonyl (C=O) groups is 2. The molecule has 2 aromatic rings. The van der Waals surface area contributed by atoms with E-state index in [1.165, 1.54) is 116 Å². The summed E-state index contributed by atoms with van der Waals surface area (Å²) in [5.41, 5.74) is 3.90. The third-order valence-electron chi connectivity index (χ3n) is 10.0. The molecule has 0 aliphatic carbocycles. The van der Waals surface area contributed by atoms with E-state index in [1.807, 2.05) is 24.3 Å². The summed E-state index contributed by atoms with van der Waals surface area (Å²) in [6.45, 7) is 17.1. The second-order valence-electron chi connectivity index (χ2n) is 15.0. The molecule has 0 aromatic heterocycles. The quantitative estimate of drug-likeness (QED) is 0.0564. The Bertz CT molecular complexity index is 1080. The van der Waals surface area contributed by atoms with Gasteiger partial charge in [-0.1, -0.05) is 129 Å². The Morgan fingerprint density at radius 2 is 0.717 bits per heavy atom. The Morgan fingerprint density at radius 1 is 0.415 bits per heavy atom. The topological polar surface area (TPSA) is 88.7 Å². The minimum Gasteiger partial charge on any atom is -0.338 e. The van der Waals surface area contributed by atoms with Gasteiger partial charge in [0.05, 0.1) is 0 Å². The Balaban J connectivity index is 1.67. The van der Waals surface area contributed by atoms with Crippen molar-refractivity contribution in [2.75, 3.05) is 63.0 Å². The monoisotopic (exact) mass is 735 g/mol. The van der Waals surface area contributed by atoms with Gasteiger partial charge in [-0.3, -0.25) is 0 Å². The van der Waals surface area contributed by atoms with E-state index < -0.39 is 0 Å². The number of rotatable bonds is 32. The predicted octanol–water partition coefficient (Wildman–Crippen LogP) is 11.2. The summed E-state index contributed by atoms with van der Waals surface area (Å²) in [7, 11) is 0. The van der Waals surface area contributed by atoms with Crippen molar-refractivity contribution >= 4 is 23.4 Å². The van der Waals surface area contributed by atoms with Crippen LogP contribution in [0.5, 0.6) is 0 Å². The number of urea groups is 2. The number of hydrogen-bond donors (Lipinski definition) is 4. The number of anilines is 2. The smallest absolute Gasteiger partial charge is 0.319 e. The SMILES string of the molecule is CCCCCCCN(CCCCC)CCCNC(=O)Nc1ccc(Cc2ccc(NC(=O)NCCCN(CCCCC)CCCCCCC)cc2)cc1. The fraction of sp³-hybridized carbons (Fsp3) is 0.689. The highest BCUT2D eigenvalue weighted by atomic mass is 16.2. The van der Waals surface area contributed by atoms with Crippen LogP contribution in [0.2, 0.25) is 0 Å². The van der Waals surface area contributed by atoms with Crippen LogP contribution in [0.15, 0.2) is 48.5 Å². The van der Waals surface area contributed by atoms with E-state index in [0.717, 1.165) is 67.9 Å². The lowest BCUT2D eigenvalue weighted by molar-refractivity contribution is 0.245. The largest absolute Gasteiger partial charge is 0.338 e. The second-order valence-corrected chi connectivity index (χ2v) is 15.0. The van der Waals surface area contributed by atoms with Crippen LogP contribution in [-0.4, -0.2) is 74.2 Å². The van der Waals surface area contributed by atoms with Gasteiger partial charge in [-0.05, 0) is 120 Å². The highest BCUT2D eigenvalue weighted by molar-refractivity contribution is 5.89. The van der Waals surface area contributed by atoms with E-state index >= 15 is 0 Å². The van der Waals surface area contributed by atoms with Gasteiger partial charge >= 0.3 is 12.1 Å². The lowest BCUT2D eigenvalue weighted by Gasteiger charge is -2.22. The zero-order chi connectivity index (χ0) is 38.2. The van der Waals surface area contributed by atoms with Crippen LogP contribution in [0.3, 0.4) is 0 Å². The van der Waals surface area contributed by atoms with Gasteiger partial charge in [0.25, 0.3) is 0 Å². The Hall–Kier alpha value is -3.10. The molecular formula is C45H78N6O2. The first-order chi connectivity index (χ1) is 26.0. The van der Waals surface area contributed by atoms with Gasteiger partial charge < -0.3 is 31.1 Å². The molecule has 0 saturated heterocycles. The van der Waals surface area contributed by atoms with Crippen LogP contribution < -0.4 is 21.3 Å². The van der Waals surface area contributed by atoms with E-state index in [2.05, 4.69) is 83.0 Å². The van der Waals surface area contributed by atoms with Crippen molar-refractivity contribution in [2.24, 2.45) is 0 Å². The van der Waals surface area contributed by atoms with Gasteiger partial charge in [0.15, 0.2) is 0 Å². The fourth-order valence-corrected chi connectivity index (χ4v) is 6.73. The number of amides is 4. The molecule has 2 aromatic carbocycles. The molecular weight excluding hydrogens is 657 g/mol. The number of nitrogens with one attached hydrogen (secondary N) is 4. The van der Waals surface area contributed by atoms with Crippen LogP contribution in [0.1, 0.15) is 154 Å². The van der Waals surface area contributed by atoms with Crippen LogP contribution in [-0.2, 0) is 6.42 Å². The van der Waals surface area contributed by atoms with Crippen molar-refractivity contribution in [3.8, 4) is 0 Å². The molecule has 0 atom stereocenters. The molecule has 0 unspecified atom stereocenters. The fourth-order valence-electron chi connectivity index (χ4n) is 6.73. The minimum atomic E-state index is -0.153. The molecule has 8 nitrogen and oxygen atoms in total. The van der Waals surface area contributed by atoms with E-state index in [0.29, 0.717) is 13.1 Å². The van der Waals surface area contributed by atoms with Crippen LogP contribution >= 0.6 is 0 Å². The Morgan fingerprint density at radius 3 is 1.08 bits per heavy atom. The summed E-state index contributed by atoms with van der Waals surface area (Å²) in [6.07, 6.45) is 23.4. The average molecular weight is 735 g/mol. The molecule has 53 heavy (non-hydrogen) atoms. The molecule has 8 heteroatoms. The predicted molar refractivity (Wildman–Crippen MR) is 228 cm³/mol. The average Bonchev–Trinajstić information content (AvgIpc) is 3.16. The van der Waals surface area contributed by atoms with Gasteiger partial charge in [0.2, 0.25) is 0 Å². The number of carbonyl (C=O) groups excluding carboxylic acids is 2. The molecule has 4 N–H and O–H groups in total. The molecule has 0 heterocycles. The van der Waals surface area contributed by atoms with E-state index in [1.54, 1.807) is 0 Å². The lowest BCUT2D eigenvalue weighted by atomic mass is 10.0. The molecule has 4 amide bonds. The molecule has 300 valence electrons. The summed E-state index contributed by atoms with van der Waals surface area (Å²) < 4.78 is 0. The zero-order valence-corrected chi connectivity index (χ0v) is 34.4. The molecule has 0 radical (unpaired) electrons. The highest BCUT2D eigenvalue weighted by Gasteiger charge is 2.08. The van der Waals surface area contributed by atoms with Crippen LogP contribution in [0.4, 0.5) is 21.0 Å². The normalized spacial score (nSPS) is 11.3. The first-order valence-electron chi connectivity index (χ1n) is 21.7. The molecule has 0 fully saturated rings. The van der Waals surface area contributed by atoms with Gasteiger partial charge in [0, 0.05) is 24.5 Å². The van der Waals surface area contributed by atoms with Crippen molar-refractivity contribution in [2.45, 2.75) is 150 Å². The van der Waals surface area contributed by atoms with Crippen LogP contribution in [0.25, 0.3) is 0 Å². The maximum Gasteiger partial charge on any atom is 0.319 e. The van der Waals surface area contributed by atoms with Gasteiger partial charge in [-0.25, -0.2) is 9.59 Å². The van der Waals surface area contributed by atoms with Gasteiger partial charge in [-0.2, -0.15) is 0 Å². The minimum absolute atomic E-state index is 0.153. The van der Waals surface area contributed by atoms with Gasteiger partial charge in [-0.15, -0.1) is 0 Å². The zero-order valence-electron chi connectivity index (χ0n) is 34.4. The van der Waals surface area contributed by atoms with Crippen molar-refractivity contribution in [1.82, 2.24) is 20.4 Å². The third kappa shape index (κ3) is 24.0. The van der Waals surface area contributed by atoms with Crippen molar-refractivity contribution in [3.63, 3.8) is 0 Å². The maximum absolute atomic E-state index is 12.6. The molecule has 0 aliphatic rings. The molecule has 2 rings (SSSR count). The third-order valence-corrected chi connectivity index (χ3v) is 10.0. The van der Waals surface area contributed by atoms with Gasteiger partial charge in [0.1, 0.15) is 0 Å². The molecule has 0 spiro atoms. The van der Waals surface area contributed by atoms with Crippen LogP contribution in [0, 0.1) is 0 Å². The summed E-state index contributed by atoms with van der Waals surface area (Å²) in [5, 5.41) is 12.0. The van der Waals surface area contributed by atoms with Crippen molar-refractivity contribution < 1.29 is 9.59 Å². The Labute approximate surface area is 325 Å². The van der Waals surface area contributed by atoms with Crippen molar-refractivity contribution in [1.29, 1.82) is 0 Å². The first kappa shape index (κ1) is 46.1. The second kappa shape index (κ2) is 31.3. The summed E-state index contributed by atoms with van der Waals surface area (Å²) >= 11 is 0. The lowest BCUT2D eigenvalue weighted by Crippen LogP contribution is -2.33. The number of nitrogens with zero attached hydrogens (tertiary/aromatic N) is 2. The number of benzene rings is 2. The highest BCUT2D eigenvalue weighted by Crippen LogP contribution is 2.16.